The van der Waals surface area contributed by atoms with Gasteiger partial charge in [0.25, 0.3) is 0 Å². The SMILES string of the molecule is c1ccc([S+](c2ccc(C3CCCCCCCCCCC3)cc2)c2ccc(C3CCCCCCCCCCC3)cc2)cc1. The molecule has 2 fully saturated rings. The molecular weight excluding hydrogens is 537 g/mol. The zero-order chi connectivity index (χ0) is 29.4. The van der Waals surface area contributed by atoms with Crippen LogP contribution in [0.3, 0.4) is 0 Å². The van der Waals surface area contributed by atoms with Crippen molar-refractivity contribution in [3.05, 3.63) is 90.0 Å². The van der Waals surface area contributed by atoms with E-state index in [-0.39, 0.29) is 10.9 Å². The first-order valence-electron chi connectivity index (χ1n) is 18.4. The highest BCUT2D eigenvalue weighted by atomic mass is 32.2. The lowest BCUT2D eigenvalue weighted by Gasteiger charge is -2.19. The molecule has 0 nitrogen and oxygen atoms in total. The summed E-state index contributed by atoms with van der Waals surface area (Å²) in [6.07, 6.45) is 31.2. The van der Waals surface area contributed by atoms with Crippen LogP contribution in [0.2, 0.25) is 0 Å². The molecule has 0 N–H and O–H groups in total. The van der Waals surface area contributed by atoms with Gasteiger partial charge in [-0.15, -0.1) is 0 Å². The summed E-state index contributed by atoms with van der Waals surface area (Å²) in [5.41, 5.74) is 3.16. The van der Waals surface area contributed by atoms with Crippen LogP contribution in [0.5, 0.6) is 0 Å². The van der Waals surface area contributed by atoms with E-state index in [9.17, 15) is 0 Å². The summed E-state index contributed by atoms with van der Waals surface area (Å²) in [4.78, 5) is 4.35. The summed E-state index contributed by atoms with van der Waals surface area (Å²) in [7, 11) is -0.0720. The molecule has 232 valence electrons. The van der Waals surface area contributed by atoms with Crippen LogP contribution in [0.4, 0.5) is 0 Å². The number of benzene rings is 3. The molecule has 3 aromatic rings. The van der Waals surface area contributed by atoms with E-state index in [2.05, 4.69) is 78.9 Å². The van der Waals surface area contributed by atoms with Crippen LogP contribution in [0, 0.1) is 0 Å². The predicted octanol–water partition coefficient (Wildman–Crippen LogP) is 13.6. The van der Waals surface area contributed by atoms with E-state index >= 15 is 0 Å². The maximum absolute atomic E-state index is 2.49. The van der Waals surface area contributed by atoms with Crippen LogP contribution in [0.25, 0.3) is 0 Å². The van der Waals surface area contributed by atoms with Crippen molar-refractivity contribution in [2.75, 3.05) is 0 Å². The first kappa shape index (κ1) is 32.4. The Morgan fingerprint density at radius 1 is 0.302 bits per heavy atom. The fourth-order valence-electron chi connectivity index (χ4n) is 7.71. The molecule has 0 bridgehead atoms. The van der Waals surface area contributed by atoms with Crippen LogP contribution in [-0.4, -0.2) is 0 Å². The van der Waals surface area contributed by atoms with E-state index < -0.39 is 0 Å². The quantitative estimate of drug-likeness (QED) is 0.257. The Bertz CT molecular complexity index is 1030. The lowest BCUT2D eigenvalue weighted by Crippen LogP contribution is -2.07. The Morgan fingerprint density at radius 3 is 0.907 bits per heavy atom. The van der Waals surface area contributed by atoms with Crippen molar-refractivity contribution in [3.63, 3.8) is 0 Å². The number of rotatable bonds is 5. The van der Waals surface area contributed by atoms with Crippen molar-refractivity contribution in [3.8, 4) is 0 Å². The van der Waals surface area contributed by atoms with Gasteiger partial charge in [-0.25, -0.2) is 0 Å². The van der Waals surface area contributed by atoms with Gasteiger partial charge in [0.15, 0.2) is 14.7 Å². The minimum Gasteiger partial charge on any atom is -0.0619 e. The van der Waals surface area contributed by atoms with Crippen molar-refractivity contribution < 1.29 is 0 Å². The summed E-state index contributed by atoms with van der Waals surface area (Å²) < 4.78 is 0. The van der Waals surface area contributed by atoms with Crippen molar-refractivity contribution >= 4 is 10.9 Å². The molecule has 3 aromatic carbocycles. The van der Waals surface area contributed by atoms with Crippen molar-refractivity contribution in [1.82, 2.24) is 0 Å². The van der Waals surface area contributed by atoms with Crippen molar-refractivity contribution in [2.24, 2.45) is 0 Å². The molecule has 2 aliphatic rings. The zero-order valence-corrected chi connectivity index (χ0v) is 27.9. The van der Waals surface area contributed by atoms with Gasteiger partial charge in [-0.2, -0.15) is 0 Å². The monoisotopic (exact) mass is 595 g/mol. The molecule has 0 radical (unpaired) electrons. The summed E-state index contributed by atoms with van der Waals surface area (Å²) in [6.45, 7) is 0. The van der Waals surface area contributed by atoms with Gasteiger partial charge < -0.3 is 0 Å². The largest absolute Gasteiger partial charge is 0.166 e. The summed E-state index contributed by atoms with van der Waals surface area (Å²) in [5.74, 6) is 1.47. The van der Waals surface area contributed by atoms with E-state index in [0.717, 1.165) is 11.8 Å². The minimum absolute atomic E-state index is 0.0720. The van der Waals surface area contributed by atoms with Gasteiger partial charge in [0.2, 0.25) is 0 Å². The molecule has 0 saturated heterocycles. The molecule has 2 saturated carbocycles. The lowest BCUT2D eigenvalue weighted by molar-refractivity contribution is 0.467. The van der Waals surface area contributed by atoms with Gasteiger partial charge >= 0.3 is 0 Å². The Labute approximate surface area is 267 Å². The third-order valence-electron chi connectivity index (χ3n) is 10.4. The van der Waals surface area contributed by atoms with E-state index in [4.69, 9.17) is 0 Å². The molecule has 2 aliphatic carbocycles. The summed E-state index contributed by atoms with van der Waals surface area (Å²) >= 11 is 0. The van der Waals surface area contributed by atoms with Gasteiger partial charge in [-0.3, -0.25) is 0 Å². The predicted molar refractivity (Wildman–Crippen MR) is 189 cm³/mol. The standard InChI is InChI=1S/C42H59S/c1-3-7-11-16-22-36(23-17-12-8-4-1)38-28-32-41(33-29-38)43(40-26-20-15-21-27-40)42-34-30-39(31-35-42)37-24-18-13-9-5-2-6-10-14-19-25-37/h15,20-21,26-37H,1-14,16-19,22-25H2/q+1. The second kappa shape index (κ2) is 18.7. The van der Waals surface area contributed by atoms with E-state index in [1.54, 1.807) is 11.1 Å². The Balaban J connectivity index is 1.32. The molecule has 43 heavy (non-hydrogen) atoms. The van der Waals surface area contributed by atoms with Gasteiger partial charge in [0, 0.05) is 0 Å². The Morgan fingerprint density at radius 2 is 0.581 bits per heavy atom. The van der Waals surface area contributed by atoms with Gasteiger partial charge in [0.1, 0.15) is 0 Å². The minimum atomic E-state index is -0.0720. The van der Waals surface area contributed by atoms with Gasteiger partial charge in [-0.1, -0.05) is 158 Å². The van der Waals surface area contributed by atoms with Crippen LogP contribution >= 0.6 is 0 Å². The first-order chi connectivity index (χ1) is 21.4. The highest BCUT2D eigenvalue weighted by Crippen LogP contribution is 2.36. The van der Waals surface area contributed by atoms with Gasteiger partial charge in [-0.05, 0) is 85.0 Å². The fraction of sp³-hybridized carbons (Fsp3) is 0.571. The Hall–Kier alpha value is -1.99. The van der Waals surface area contributed by atoms with Crippen LogP contribution < -0.4 is 0 Å². The summed E-state index contributed by atoms with van der Waals surface area (Å²) in [6, 6.07) is 31.1. The topological polar surface area (TPSA) is 0 Å². The van der Waals surface area contributed by atoms with E-state index in [0.29, 0.717) is 0 Å². The van der Waals surface area contributed by atoms with E-state index in [1.807, 2.05) is 0 Å². The highest BCUT2D eigenvalue weighted by molar-refractivity contribution is 7.97. The molecule has 0 aromatic heterocycles. The fourth-order valence-corrected chi connectivity index (χ4v) is 9.77. The molecule has 1 heteroatoms. The van der Waals surface area contributed by atoms with Crippen LogP contribution in [-0.2, 0) is 10.9 Å². The highest BCUT2D eigenvalue weighted by Gasteiger charge is 2.29. The van der Waals surface area contributed by atoms with Crippen molar-refractivity contribution in [2.45, 2.75) is 168 Å². The molecule has 0 aliphatic heterocycles. The average molecular weight is 596 g/mol. The zero-order valence-electron chi connectivity index (χ0n) is 27.1. The summed E-state index contributed by atoms with van der Waals surface area (Å²) in [5, 5.41) is 0. The Kier molecular flexibility index (Phi) is 14.1. The van der Waals surface area contributed by atoms with E-state index in [1.165, 1.54) is 156 Å². The molecule has 5 rings (SSSR count). The maximum atomic E-state index is 2.49. The third-order valence-corrected chi connectivity index (χ3v) is 12.6. The molecular formula is C42H59S+. The molecule has 0 amide bonds. The second-order valence-electron chi connectivity index (χ2n) is 13.7. The molecule has 0 unspecified atom stereocenters. The first-order valence-corrected chi connectivity index (χ1v) is 19.6. The van der Waals surface area contributed by atoms with Crippen LogP contribution in [0.15, 0.2) is 93.5 Å². The maximum Gasteiger partial charge on any atom is 0.166 e. The smallest absolute Gasteiger partial charge is 0.0619 e. The third kappa shape index (κ3) is 10.6. The number of hydrogen-bond acceptors (Lipinski definition) is 0. The molecule has 0 heterocycles. The lowest BCUT2D eigenvalue weighted by atomic mass is 9.87. The van der Waals surface area contributed by atoms with Gasteiger partial charge in [0.05, 0.1) is 10.9 Å². The normalized spacial score (nSPS) is 19.9. The van der Waals surface area contributed by atoms with Crippen molar-refractivity contribution in [1.29, 1.82) is 0 Å². The second-order valence-corrected chi connectivity index (χ2v) is 15.7. The average Bonchev–Trinajstić information content (AvgIpc) is 3.03. The number of hydrogen-bond donors (Lipinski definition) is 0. The molecule has 0 atom stereocenters. The molecule has 0 spiro atoms. The van der Waals surface area contributed by atoms with Crippen LogP contribution in [0.1, 0.15) is 164 Å².